The highest BCUT2D eigenvalue weighted by molar-refractivity contribution is 5.85. The van der Waals surface area contributed by atoms with Crippen molar-refractivity contribution in [3.8, 4) is 5.88 Å². The Hall–Kier alpha value is -2.93. The molecule has 3 aromatic heterocycles. The van der Waals surface area contributed by atoms with E-state index in [0.717, 1.165) is 74.4 Å². The summed E-state index contributed by atoms with van der Waals surface area (Å²) < 4.78 is 11.9. The summed E-state index contributed by atoms with van der Waals surface area (Å²) in [6.07, 6.45) is 9.82. The van der Waals surface area contributed by atoms with Gasteiger partial charge in [-0.15, -0.1) is 0 Å². The number of aromatic nitrogens is 3. The normalized spacial score (nSPS) is 22.1. The van der Waals surface area contributed by atoms with Crippen molar-refractivity contribution in [2.75, 3.05) is 36.5 Å². The molecule has 2 aliphatic rings. The van der Waals surface area contributed by atoms with Gasteiger partial charge in [0.2, 0.25) is 5.88 Å². The Balaban J connectivity index is 1.29. The van der Waals surface area contributed by atoms with E-state index in [1.54, 1.807) is 6.20 Å². The summed E-state index contributed by atoms with van der Waals surface area (Å²) in [7, 11) is 0. The monoisotopic (exact) mass is 405 g/mol. The van der Waals surface area contributed by atoms with Crippen LogP contribution in [0, 0.1) is 0 Å². The van der Waals surface area contributed by atoms with Crippen LogP contribution in [0.4, 0.5) is 11.5 Å². The number of morpholine rings is 1. The molecule has 156 valence electrons. The zero-order valence-electron chi connectivity index (χ0n) is 17.0. The molecular formula is C23H27N5O2. The summed E-state index contributed by atoms with van der Waals surface area (Å²) in [4.78, 5) is 15.9. The van der Waals surface area contributed by atoms with Crippen LogP contribution in [-0.2, 0) is 4.74 Å². The summed E-state index contributed by atoms with van der Waals surface area (Å²) in [5.41, 5.74) is 2.01. The Labute approximate surface area is 176 Å². The highest BCUT2D eigenvalue weighted by Gasteiger charge is 2.24. The smallest absolute Gasteiger partial charge is 0.225 e. The van der Waals surface area contributed by atoms with E-state index in [-0.39, 0.29) is 6.10 Å². The van der Waals surface area contributed by atoms with Crippen molar-refractivity contribution in [2.45, 2.75) is 37.8 Å². The van der Waals surface area contributed by atoms with Gasteiger partial charge in [-0.2, -0.15) is 4.98 Å². The Morgan fingerprint density at radius 2 is 1.87 bits per heavy atom. The largest absolute Gasteiger partial charge is 0.474 e. The number of nitrogens with zero attached hydrogens (tertiary/aromatic N) is 4. The predicted molar refractivity (Wildman–Crippen MR) is 117 cm³/mol. The molecule has 2 fully saturated rings. The first-order chi connectivity index (χ1) is 14.8. The van der Waals surface area contributed by atoms with E-state index in [0.29, 0.717) is 11.9 Å². The average Bonchev–Trinajstić information content (AvgIpc) is 2.81. The number of hydrogen-bond acceptors (Lipinski definition) is 7. The second-order valence-corrected chi connectivity index (χ2v) is 7.93. The summed E-state index contributed by atoms with van der Waals surface area (Å²) in [5, 5.41) is 4.56. The van der Waals surface area contributed by atoms with Gasteiger partial charge in [-0.1, -0.05) is 0 Å². The number of anilines is 2. The van der Waals surface area contributed by atoms with Crippen LogP contribution in [-0.4, -0.2) is 53.4 Å². The first kappa shape index (κ1) is 19.1. The van der Waals surface area contributed by atoms with Crippen LogP contribution in [0.2, 0.25) is 0 Å². The molecule has 7 nitrogen and oxygen atoms in total. The average molecular weight is 406 g/mol. The minimum Gasteiger partial charge on any atom is -0.474 e. The number of fused-ring (bicyclic) bond motifs is 1. The van der Waals surface area contributed by atoms with E-state index < -0.39 is 0 Å². The maximum absolute atomic E-state index is 6.45. The minimum atomic E-state index is 0.174. The van der Waals surface area contributed by atoms with E-state index in [9.17, 15) is 0 Å². The van der Waals surface area contributed by atoms with Gasteiger partial charge in [0, 0.05) is 43.8 Å². The summed E-state index contributed by atoms with van der Waals surface area (Å²) in [5.74, 6) is 1.62. The third-order valence-electron chi connectivity index (χ3n) is 5.87. The molecule has 4 heterocycles. The van der Waals surface area contributed by atoms with Crippen LogP contribution in [0.15, 0.2) is 48.9 Å². The molecule has 30 heavy (non-hydrogen) atoms. The van der Waals surface area contributed by atoms with Crippen molar-refractivity contribution in [1.29, 1.82) is 0 Å². The SMILES string of the molecule is c1cncc(NC2CCC(Oc3nc(N4CCOCC4)cc4ncccc34)CC2)c1. The Morgan fingerprint density at radius 1 is 1.03 bits per heavy atom. The van der Waals surface area contributed by atoms with E-state index in [2.05, 4.69) is 32.3 Å². The summed E-state index contributed by atoms with van der Waals surface area (Å²) in [6, 6.07) is 10.5. The number of rotatable bonds is 5. The first-order valence-corrected chi connectivity index (χ1v) is 10.8. The van der Waals surface area contributed by atoms with Crippen molar-refractivity contribution in [3.63, 3.8) is 0 Å². The molecule has 1 saturated carbocycles. The lowest BCUT2D eigenvalue weighted by Gasteiger charge is -2.31. The van der Waals surface area contributed by atoms with Crippen molar-refractivity contribution >= 4 is 22.4 Å². The van der Waals surface area contributed by atoms with Gasteiger partial charge in [0.25, 0.3) is 0 Å². The minimum absolute atomic E-state index is 0.174. The van der Waals surface area contributed by atoms with Crippen molar-refractivity contribution in [1.82, 2.24) is 15.0 Å². The van der Waals surface area contributed by atoms with Gasteiger partial charge in [-0.05, 0) is 49.9 Å². The van der Waals surface area contributed by atoms with E-state index in [1.165, 1.54) is 0 Å². The van der Waals surface area contributed by atoms with Crippen molar-refractivity contribution in [2.24, 2.45) is 0 Å². The van der Waals surface area contributed by atoms with Gasteiger partial charge in [-0.3, -0.25) is 9.97 Å². The maximum Gasteiger partial charge on any atom is 0.225 e. The van der Waals surface area contributed by atoms with Gasteiger partial charge in [-0.25, -0.2) is 0 Å². The molecule has 0 atom stereocenters. The Kier molecular flexibility index (Phi) is 5.61. The van der Waals surface area contributed by atoms with E-state index >= 15 is 0 Å². The number of hydrogen-bond donors (Lipinski definition) is 1. The Morgan fingerprint density at radius 3 is 2.67 bits per heavy atom. The maximum atomic E-state index is 6.45. The molecule has 3 aromatic rings. The summed E-state index contributed by atoms with van der Waals surface area (Å²) in [6.45, 7) is 3.14. The lowest BCUT2D eigenvalue weighted by Crippen LogP contribution is -2.37. The lowest BCUT2D eigenvalue weighted by atomic mass is 9.93. The predicted octanol–water partition coefficient (Wildman–Crippen LogP) is 3.66. The van der Waals surface area contributed by atoms with Crippen LogP contribution < -0.4 is 15.0 Å². The second-order valence-electron chi connectivity index (χ2n) is 7.93. The van der Waals surface area contributed by atoms with Gasteiger partial charge >= 0.3 is 0 Å². The zero-order chi connectivity index (χ0) is 20.2. The van der Waals surface area contributed by atoms with Crippen molar-refractivity contribution < 1.29 is 9.47 Å². The molecule has 5 rings (SSSR count). The first-order valence-electron chi connectivity index (χ1n) is 10.8. The van der Waals surface area contributed by atoms with Crippen LogP contribution in [0.3, 0.4) is 0 Å². The third-order valence-corrected chi connectivity index (χ3v) is 5.87. The number of ether oxygens (including phenoxy) is 2. The van der Waals surface area contributed by atoms with Gasteiger partial charge in [0.05, 0.1) is 29.8 Å². The van der Waals surface area contributed by atoms with Crippen LogP contribution >= 0.6 is 0 Å². The van der Waals surface area contributed by atoms with Gasteiger partial charge < -0.3 is 19.7 Å². The Bertz CT molecular complexity index is 970. The zero-order valence-corrected chi connectivity index (χ0v) is 17.0. The topological polar surface area (TPSA) is 72.4 Å². The molecule has 7 heteroatoms. The fraction of sp³-hybridized carbons (Fsp3) is 0.435. The number of nitrogens with one attached hydrogen (secondary N) is 1. The molecular weight excluding hydrogens is 378 g/mol. The van der Waals surface area contributed by atoms with E-state index in [1.807, 2.05) is 30.6 Å². The highest BCUT2D eigenvalue weighted by atomic mass is 16.5. The number of pyridine rings is 3. The molecule has 1 aliphatic carbocycles. The second kappa shape index (κ2) is 8.83. The molecule has 0 aromatic carbocycles. The molecule has 0 radical (unpaired) electrons. The standard InChI is InChI=1S/C23H27N5O2/c1-3-18(16-24-9-1)26-17-5-7-19(8-6-17)30-23-20-4-2-10-25-21(20)15-22(27-23)28-11-13-29-14-12-28/h1-4,9-10,15-17,19,26H,5-8,11-14H2. The van der Waals surface area contributed by atoms with Gasteiger partial charge in [0.1, 0.15) is 11.9 Å². The molecule has 1 N–H and O–H groups in total. The van der Waals surface area contributed by atoms with Crippen LogP contribution in [0.1, 0.15) is 25.7 Å². The quantitative estimate of drug-likeness (QED) is 0.694. The fourth-order valence-electron chi connectivity index (χ4n) is 4.24. The molecule has 1 aliphatic heterocycles. The third kappa shape index (κ3) is 4.31. The van der Waals surface area contributed by atoms with E-state index in [4.69, 9.17) is 14.5 Å². The highest BCUT2D eigenvalue weighted by Crippen LogP contribution is 2.31. The molecule has 1 saturated heterocycles. The lowest BCUT2D eigenvalue weighted by molar-refractivity contribution is 0.122. The molecule has 0 bridgehead atoms. The fourth-order valence-corrected chi connectivity index (χ4v) is 4.24. The molecule has 0 spiro atoms. The van der Waals surface area contributed by atoms with Crippen molar-refractivity contribution in [3.05, 3.63) is 48.9 Å². The molecule has 0 amide bonds. The van der Waals surface area contributed by atoms with Crippen LogP contribution in [0.25, 0.3) is 10.9 Å². The summed E-state index contributed by atoms with van der Waals surface area (Å²) >= 11 is 0. The molecule has 0 unspecified atom stereocenters. The van der Waals surface area contributed by atoms with Crippen LogP contribution in [0.5, 0.6) is 5.88 Å². The van der Waals surface area contributed by atoms with Gasteiger partial charge in [0.15, 0.2) is 0 Å².